The van der Waals surface area contributed by atoms with E-state index >= 15 is 0 Å². The fourth-order valence-corrected chi connectivity index (χ4v) is 1.51. The van der Waals surface area contributed by atoms with Crippen molar-refractivity contribution in [1.29, 1.82) is 0 Å². The van der Waals surface area contributed by atoms with Crippen LogP contribution in [0.25, 0.3) is 0 Å². The maximum atomic E-state index is 11.6. The number of ether oxygens (including phenoxy) is 2. The molecule has 1 heterocycles. The van der Waals surface area contributed by atoms with Gasteiger partial charge in [-0.1, -0.05) is 0 Å². The van der Waals surface area contributed by atoms with Crippen molar-refractivity contribution >= 4 is 12.1 Å². The Kier molecular flexibility index (Phi) is 5.52. The van der Waals surface area contributed by atoms with Crippen molar-refractivity contribution in [3.05, 3.63) is 24.0 Å². The molecule has 0 unspecified atom stereocenters. The van der Waals surface area contributed by atoms with Crippen molar-refractivity contribution in [3.63, 3.8) is 0 Å². The second-order valence-corrected chi connectivity index (χ2v) is 5.43. The molecular weight excluding hydrogens is 276 g/mol. The zero-order valence-corrected chi connectivity index (χ0v) is 12.5. The molecule has 1 amide bonds. The van der Waals surface area contributed by atoms with E-state index in [1.807, 2.05) is 0 Å². The number of aliphatic carboxylic acids is 1. The molecule has 0 saturated carbocycles. The van der Waals surface area contributed by atoms with E-state index in [0.29, 0.717) is 11.4 Å². The quantitative estimate of drug-likeness (QED) is 0.856. The van der Waals surface area contributed by atoms with Gasteiger partial charge >= 0.3 is 12.1 Å². The number of hydrogen-bond donors (Lipinski definition) is 2. The molecule has 21 heavy (non-hydrogen) atoms. The fourth-order valence-electron chi connectivity index (χ4n) is 1.51. The van der Waals surface area contributed by atoms with E-state index in [9.17, 15) is 9.59 Å². The minimum absolute atomic E-state index is 0.0541. The first-order valence-corrected chi connectivity index (χ1v) is 6.42. The zero-order chi connectivity index (χ0) is 16.0. The minimum atomic E-state index is -1.15. The Balaban J connectivity index is 2.69. The van der Waals surface area contributed by atoms with Gasteiger partial charge in [0.2, 0.25) is 0 Å². The van der Waals surface area contributed by atoms with Crippen LogP contribution in [0.15, 0.2) is 18.3 Å². The van der Waals surface area contributed by atoms with E-state index in [2.05, 4.69) is 10.3 Å². The Morgan fingerprint density at radius 1 is 1.38 bits per heavy atom. The van der Waals surface area contributed by atoms with Crippen LogP contribution in [0.4, 0.5) is 4.79 Å². The summed E-state index contributed by atoms with van der Waals surface area (Å²) in [5.74, 6) is -0.579. The molecule has 1 atom stereocenters. The van der Waals surface area contributed by atoms with Crippen molar-refractivity contribution in [3.8, 4) is 5.75 Å². The summed E-state index contributed by atoms with van der Waals surface area (Å²) in [5, 5.41) is 11.5. The number of carbonyl (C=O) groups is 2. The lowest BCUT2D eigenvalue weighted by Crippen LogP contribution is -2.44. The largest absolute Gasteiger partial charge is 0.495 e. The standard InChI is InChI=1S/C14H20N2O5/c1-14(2,3)21-13(19)16-11(12(17)18)7-9-5-6-10(20-4)8-15-9/h5-6,8,11H,7H2,1-4H3,(H,16,19)(H,17,18)/t11-/m0/s1. The highest BCUT2D eigenvalue weighted by Gasteiger charge is 2.24. The lowest BCUT2D eigenvalue weighted by atomic mass is 10.1. The number of methoxy groups -OCH3 is 1. The van der Waals surface area contributed by atoms with Gasteiger partial charge in [0.15, 0.2) is 0 Å². The van der Waals surface area contributed by atoms with Crippen LogP contribution >= 0.6 is 0 Å². The van der Waals surface area contributed by atoms with Crippen LogP contribution in [0.1, 0.15) is 26.5 Å². The third-order valence-electron chi connectivity index (χ3n) is 2.44. The molecule has 0 spiro atoms. The number of aromatic nitrogens is 1. The molecule has 1 aromatic rings. The van der Waals surface area contributed by atoms with E-state index in [1.165, 1.54) is 13.3 Å². The van der Waals surface area contributed by atoms with E-state index in [1.54, 1.807) is 32.9 Å². The molecule has 7 heteroatoms. The number of rotatable bonds is 5. The number of pyridine rings is 1. The highest BCUT2D eigenvalue weighted by atomic mass is 16.6. The Labute approximate surface area is 123 Å². The van der Waals surface area contributed by atoms with Gasteiger partial charge in [0.1, 0.15) is 17.4 Å². The average Bonchev–Trinajstić information content (AvgIpc) is 2.36. The van der Waals surface area contributed by atoms with Gasteiger partial charge in [0, 0.05) is 12.1 Å². The maximum Gasteiger partial charge on any atom is 0.408 e. The van der Waals surface area contributed by atoms with Crippen molar-refractivity contribution < 1.29 is 24.2 Å². The average molecular weight is 296 g/mol. The second-order valence-electron chi connectivity index (χ2n) is 5.43. The van der Waals surface area contributed by atoms with Crippen LogP contribution in [0, 0.1) is 0 Å². The van der Waals surface area contributed by atoms with Crippen LogP contribution in [0.5, 0.6) is 5.75 Å². The van der Waals surface area contributed by atoms with Crippen LogP contribution in [-0.4, -0.2) is 40.9 Å². The predicted molar refractivity (Wildman–Crippen MR) is 75.3 cm³/mol. The molecule has 0 aromatic carbocycles. The van der Waals surface area contributed by atoms with Gasteiger partial charge in [0.25, 0.3) is 0 Å². The molecule has 1 rings (SSSR count). The van der Waals surface area contributed by atoms with Crippen LogP contribution in [0.3, 0.4) is 0 Å². The van der Waals surface area contributed by atoms with Crippen molar-refractivity contribution in [2.75, 3.05) is 7.11 Å². The summed E-state index contributed by atoms with van der Waals surface area (Å²) in [4.78, 5) is 26.9. The van der Waals surface area contributed by atoms with Crippen LogP contribution in [0.2, 0.25) is 0 Å². The predicted octanol–water partition coefficient (Wildman–Crippen LogP) is 1.61. The molecule has 0 aliphatic heterocycles. The van der Waals surface area contributed by atoms with Gasteiger partial charge < -0.3 is 19.9 Å². The van der Waals surface area contributed by atoms with Crippen molar-refractivity contribution in [1.82, 2.24) is 10.3 Å². The summed E-state index contributed by atoms with van der Waals surface area (Å²) in [6, 6.07) is 2.21. The summed E-state index contributed by atoms with van der Waals surface area (Å²) in [5.41, 5.74) is -0.162. The van der Waals surface area contributed by atoms with Crippen LogP contribution < -0.4 is 10.1 Å². The maximum absolute atomic E-state index is 11.6. The monoisotopic (exact) mass is 296 g/mol. The van der Waals surface area contributed by atoms with Crippen LogP contribution in [-0.2, 0) is 16.0 Å². The number of carboxylic acids is 1. The summed E-state index contributed by atoms with van der Waals surface area (Å²) in [6.07, 6.45) is 0.767. The number of alkyl carbamates (subject to hydrolysis) is 1. The molecule has 0 radical (unpaired) electrons. The van der Waals surface area contributed by atoms with Gasteiger partial charge in [-0.3, -0.25) is 4.98 Å². The first-order chi connectivity index (χ1) is 9.71. The fraction of sp³-hybridized carbons (Fsp3) is 0.500. The molecule has 1 aromatic heterocycles. The number of nitrogens with zero attached hydrogens (tertiary/aromatic N) is 1. The van der Waals surface area contributed by atoms with Gasteiger partial charge in [-0.2, -0.15) is 0 Å². The van der Waals surface area contributed by atoms with E-state index in [4.69, 9.17) is 14.6 Å². The number of carbonyl (C=O) groups excluding carboxylic acids is 1. The number of carboxylic acid groups (broad SMARTS) is 1. The summed E-state index contributed by atoms with van der Waals surface area (Å²) in [6.45, 7) is 5.11. The molecule has 0 aliphatic carbocycles. The molecule has 116 valence electrons. The van der Waals surface area contributed by atoms with Gasteiger partial charge in [0.05, 0.1) is 13.3 Å². The molecule has 0 aliphatic rings. The smallest absolute Gasteiger partial charge is 0.408 e. The highest BCUT2D eigenvalue weighted by Crippen LogP contribution is 2.10. The van der Waals surface area contributed by atoms with Crippen molar-refractivity contribution in [2.24, 2.45) is 0 Å². The molecule has 0 fully saturated rings. The Morgan fingerprint density at radius 3 is 2.48 bits per heavy atom. The molecule has 0 saturated heterocycles. The Bertz CT molecular complexity index is 493. The highest BCUT2D eigenvalue weighted by molar-refractivity contribution is 5.80. The Hall–Kier alpha value is -2.31. The normalized spacial score (nSPS) is 12.4. The van der Waals surface area contributed by atoms with Gasteiger partial charge in [-0.15, -0.1) is 0 Å². The molecule has 2 N–H and O–H groups in total. The number of amides is 1. The summed E-state index contributed by atoms with van der Waals surface area (Å²) in [7, 11) is 1.51. The Morgan fingerprint density at radius 2 is 2.05 bits per heavy atom. The lowest BCUT2D eigenvalue weighted by molar-refractivity contribution is -0.139. The van der Waals surface area contributed by atoms with Gasteiger partial charge in [-0.25, -0.2) is 9.59 Å². The third-order valence-corrected chi connectivity index (χ3v) is 2.44. The van der Waals surface area contributed by atoms with Gasteiger partial charge in [-0.05, 0) is 32.9 Å². The summed E-state index contributed by atoms with van der Waals surface area (Å²) < 4.78 is 10.0. The first kappa shape index (κ1) is 16.7. The van der Waals surface area contributed by atoms with E-state index < -0.39 is 23.7 Å². The first-order valence-electron chi connectivity index (χ1n) is 6.42. The van der Waals surface area contributed by atoms with Crippen molar-refractivity contribution in [2.45, 2.75) is 38.8 Å². The molecule has 0 bridgehead atoms. The van der Waals surface area contributed by atoms with E-state index in [-0.39, 0.29) is 6.42 Å². The number of nitrogens with one attached hydrogen (secondary N) is 1. The lowest BCUT2D eigenvalue weighted by Gasteiger charge is -2.21. The topological polar surface area (TPSA) is 97.8 Å². The minimum Gasteiger partial charge on any atom is -0.495 e. The molecule has 7 nitrogen and oxygen atoms in total. The zero-order valence-electron chi connectivity index (χ0n) is 12.5. The SMILES string of the molecule is COc1ccc(C[C@H](NC(=O)OC(C)(C)C)C(=O)O)nc1. The summed E-state index contributed by atoms with van der Waals surface area (Å²) >= 11 is 0. The van der Waals surface area contributed by atoms with E-state index in [0.717, 1.165) is 0 Å². The second kappa shape index (κ2) is 6.92. The number of hydrogen-bond acceptors (Lipinski definition) is 5. The third kappa shape index (κ3) is 6.11. The molecular formula is C14H20N2O5.